The van der Waals surface area contributed by atoms with Gasteiger partial charge < -0.3 is 14.8 Å². The van der Waals surface area contributed by atoms with Crippen LogP contribution in [0.4, 0.5) is 4.79 Å². The average molecular weight is 329 g/mol. The highest BCUT2D eigenvalue weighted by atomic mass is 16.5. The fourth-order valence-corrected chi connectivity index (χ4v) is 3.65. The van der Waals surface area contributed by atoms with E-state index in [1.165, 1.54) is 0 Å². The molecule has 2 bridgehead atoms. The Kier molecular flexibility index (Phi) is 5.18. The third-order valence-corrected chi connectivity index (χ3v) is 4.80. The predicted molar refractivity (Wildman–Crippen MR) is 89.0 cm³/mol. The summed E-state index contributed by atoms with van der Waals surface area (Å²) in [5.41, 5.74) is 0.930. The maximum atomic E-state index is 12.3. The lowest BCUT2D eigenvalue weighted by molar-refractivity contribution is -0.152. The normalized spacial score (nSPS) is 27.5. The lowest BCUT2D eigenvalue weighted by atomic mass is 9.66. The number of benzene rings is 1. The highest BCUT2D eigenvalue weighted by molar-refractivity contribution is 5.76. The Morgan fingerprint density at radius 2 is 1.79 bits per heavy atom. The van der Waals surface area contributed by atoms with Gasteiger partial charge in [0.05, 0.1) is 18.6 Å². The van der Waals surface area contributed by atoms with Crippen LogP contribution in [0.1, 0.15) is 25.3 Å². The molecule has 0 heterocycles. The fourth-order valence-electron chi connectivity index (χ4n) is 3.65. The molecule has 24 heavy (non-hydrogen) atoms. The van der Waals surface area contributed by atoms with Gasteiger partial charge in [0.15, 0.2) is 0 Å². The molecule has 3 aliphatic rings. The molecule has 0 aliphatic heterocycles. The van der Waals surface area contributed by atoms with Crippen molar-refractivity contribution in [2.75, 3.05) is 6.61 Å². The molecule has 4 atom stereocenters. The van der Waals surface area contributed by atoms with Crippen molar-refractivity contribution in [2.24, 2.45) is 17.8 Å². The molecule has 4 rings (SSSR count). The maximum Gasteiger partial charge on any atom is 0.407 e. The summed E-state index contributed by atoms with van der Waals surface area (Å²) in [4.78, 5) is 24.5. The Hall–Kier alpha value is -2.30. The highest BCUT2D eigenvalue weighted by Gasteiger charge is 2.46. The molecule has 5 nitrogen and oxygen atoms in total. The average Bonchev–Trinajstić information content (AvgIpc) is 2.62. The monoisotopic (exact) mass is 329 g/mol. The minimum absolute atomic E-state index is 0.133. The molecule has 1 aromatic rings. The van der Waals surface area contributed by atoms with Gasteiger partial charge in [-0.05, 0) is 37.2 Å². The largest absolute Gasteiger partial charge is 0.466 e. The van der Waals surface area contributed by atoms with Gasteiger partial charge in [-0.3, -0.25) is 4.79 Å². The summed E-state index contributed by atoms with van der Waals surface area (Å²) in [7, 11) is 0. The van der Waals surface area contributed by atoms with E-state index in [4.69, 9.17) is 9.47 Å². The van der Waals surface area contributed by atoms with Gasteiger partial charge >= 0.3 is 12.1 Å². The van der Waals surface area contributed by atoms with E-state index in [0.717, 1.165) is 18.4 Å². The van der Waals surface area contributed by atoms with Crippen molar-refractivity contribution < 1.29 is 19.1 Å². The molecule has 3 aliphatic carbocycles. The number of amides is 1. The Morgan fingerprint density at radius 3 is 2.46 bits per heavy atom. The van der Waals surface area contributed by atoms with E-state index in [-0.39, 0.29) is 36.4 Å². The molecule has 1 amide bonds. The number of rotatable bonds is 5. The van der Waals surface area contributed by atoms with Crippen LogP contribution in [0.5, 0.6) is 0 Å². The van der Waals surface area contributed by atoms with Gasteiger partial charge in [-0.1, -0.05) is 42.5 Å². The van der Waals surface area contributed by atoms with Gasteiger partial charge in [0.1, 0.15) is 6.61 Å². The van der Waals surface area contributed by atoms with Crippen LogP contribution in [-0.4, -0.2) is 24.7 Å². The number of allylic oxidation sites excluding steroid dienone is 1. The van der Waals surface area contributed by atoms with E-state index in [1.54, 1.807) is 6.92 Å². The number of carbonyl (C=O) groups excluding carboxylic acids is 2. The summed E-state index contributed by atoms with van der Waals surface area (Å²) in [6, 6.07) is 9.27. The summed E-state index contributed by atoms with van der Waals surface area (Å²) in [6.07, 6.45) is 5.64. The lowest BCUT2D eigenvalue weighted by Gasteiger charge is -2.43. The third kappa shape index (κ3) is 3.61. The van der Waals surface area contributed by atoms with Gasteiger partial charge in [-0.25, -0.2) is 4.79 Å². The number of carbonyl (C=O) groups is 2. The number of ether oxygens (including phenoxy) is 2. The van der Waals surface area contributed by atoms with Crippen LogP contribution in [0.15, 0.2) is 42.5 Å². The van der Waals surface area contributed by atoms with Gasteiger partial charge in [0.2, 0.25) is 0 Å². The molecule has 1 fully saturated rings. The number of alkyl carbamates (subject to hydrolysis) is 1. The van der Waals surface area contributed by atoms with Crippen molar-refractivity contribution in [3.05, 3.63) is 48.0 Å². The summed E-state index contributed by atoms with van der Waals surface area (Å²) in [6.45, 7) is 2.36. The Labute approximate surface area is 142 Å². The van der Waals surface area contributed by atoms with Crippen molar-refractivity contribution in [3.8, 4) is 0 Å². The predicted octanol–water partition coefficient (Wildman–Crippen LogP) is 3.06. The maximum absolute atomic E-state index is 12.3. The van der Waals surface area contributed by atoms with E-state index < -0.39 is 6.09 Å². The number of esters is 1. The number of nitrogens with one attached hydrogen (secondary N) is 1. The van der Waals surface area contributed by atoms with Crippen molar-refractivity contribution in [1.29, 1.82) is 0 Å². The summed E-state index contributed by atoms with van der Waals surface area (Å²) < 4.78 is 10.5. The van der Waals surface area contributed by atoms with Crippen LogP contribution in [0.25, 0.3) is 0 Å². The molecule has 1 saturated carbocycles. The second kappa shape index (κ2) is 7.51. The van der Waals surface area contributed by atoms with Gasteiger partial charge in [0.25, 0.3) is 0 Å². The van der Waals surface area contributed by atoms with Gasteiger partial charge in [-0.2, -0.15) is 0 Å². The van der Waals surface area contributed by atoms with Gasteiger partial charge in [0, 0.05) is 0 Å². The third-order valence-electron chi connectivity index (χ3n) is 4.80. The first-order chi connectivity index (χ1) is 11.7. The second-order valence-corrected chi connectivity index (χ2v) is 6.30. The highest BCUT2D eigenvalue weighted by Crippen LogP contribution is 2.41. The Morgan fingerprint density at radius 1 is 1.08 bits per heavy atom. The van der Waals surface area contributed by atoms with Crippen molar-refractivity contribution in [1.82, 2.24) is 5.32 Å². The minimum atomic E-state index is -0.487. The van der Waals surface area contributed by atoms with Crippen LogP contribution in [0.3, 0.4) is 0 Å². The van der Waals surface area contributed by atoms with Crippen molar-refractivity contribution >= 4 is 12.1 Å². The first-order valence-electron chi connectivity index (χ1n) is 8.51. The van der Waals surface area contributed by atoms with Crippen LogP contribution >= 0.6 is 0 Å². The lowest BCUT2D eigenvalue weighted by Crippen LogP contribution is -2.54. The molecule has 0 saturated heterocycles. The molecule has 128 valence electrons. The summed E-state index contributed by atoms with van der Waals surface area (Å²) in [5, 5.41) is 2.90. The molecule has 1 aromatic carbocycles. The quantitative estimate of drug-likeness (QED) is 0.666. The zero-order valence-corrected chi connectivity index (χ0v) is 13.8. The van der Waals surface area contributed by atoms with Crippen molar-refractivity contribution in [2.45, 2.75) is 32.4 Å². The topological polar surface area (TPSA) is 64.6 Å². The molecule has 5 heteroatoms. The van der Waals surface area contributed by atoms with E-state index in [9.17, 15) is 9.59 Å². The van der Waals surface area contributed by atoms with E-state index in [0.29, 0.717) is 6.61 Å². The smallest absolute Gasteiger partial charge is 0.407 e. The number of hydrogen-bond donors (Lipinski definition) is 1. The Bertz CT molecular complexity index is 613. The van der Waals surface area contributed by atoms with Crippen LogP contribution < -0.4 is 5.32 Å². The molecule has 0 aromatic heterocycles. The van der Waals surface area contributed by atoms with E-state index >= 15 is 0 Å². The first-order valence-corrected chi connectivity index (χ1v) is 8.51. The zero-order valence-electron chi connectivity index (χ0n) is 13.8. The molecular formula is C19H23NO4. The molecule has 0 spiro atoms. The number of hydrogen-bond acceptors (Lipinski definition) is 4. The first kappa shape index (κ1) is 16.6. The van der Waals surface area contributed by atoms with Crippen LogP contribution in [-0.2, 0) is 20.9 Å². The number of fused-ring (bicyclic) bond motifs is 2. The summed E-state index contributed by atoms with van der Waals surface area (Å²) >= 11 is 0. The minimum Gasteiger partial charge on any atom is -0.466 e. The molecular weight excluding hydrogens is 306 g/mol. The Balaban J connectivity index is 1.62. The molecule has 1 N–H and O–H groups in total. The molecule has 0 radical (unpaired) electrons. The second-order valence-electron chi connectivity index (χ2n) is 6.30. The zero-order chi connectivity index (χ0) is 16.9. The van der Waals surface area contributed by atoms with Crippen LogP contribution in [0, 0.1) is 17.8 Å². The fraction of sp³-hybridized carbons (Fsp3) is 0.474. The van der Waals surface area contributed by atoms with E-state index in [2.05, 4.69) is 17.5 Å². The standard InChI is InChI=1S/C19H23NO4/c1-2-23-18(21)16-14-8-10-15(11-9-14)17(16)20-19(22)24-12-13-6-4-3-5-7-13/h3-8,10,14-17H,2,9,11-12H2,1H3,(H,20,22)/t14-,15+,16+,17+/m1/s1. The molecule has 0 unspecified atom stereocenters. The van der Waals surface area contributed by atoms with Gasteiger partial charge in [-0.15, -0.1) is 0 Å². The van der Waals surface area contributed by atoms with E-state index in [1.807, 2.05) is 30.3 Å². The van der Waals surface area contributed by atoms with Crippen molar-refractivity contribution in [3.63, 3.8) is 0 Å². The summed E-state index contributed by atoms with van der Waals surface area (Å²) in [5.74, 6) is -0.259. The van der Waals surface area contributed by atoms with Crippen LogP contribution in [0.2, 0.25) is 0 Å². The SMILES string of the molecule is CCOC(=O)[C@@H]1[C@@H](NC(=O)OCc2ccccc2)[C@H]2C=C[C@@H]1CC2.